The first-order chi connectivity index (χ1) is 49.1. The van der Waals surface area contributed by atoms with E-state index in [9.17, 15) is 45.6 Å². The molecule has 12 unspecified atom stereocenters. The highest BCUT2D eigenvalue weighted by atomic mass is 16.7. The van der Waals surface area contributed by atoms with Crippen LogP contribution in [0.15, 0.2) is 12.2 Å². The Morgan fingerprint density at radius 1 is 0.350 bits per heavy atom. The summed E-state index contributed by atoms with van der Waals surface area (Å²) in [7, 11) is 0. The summed E-state index contributed by atoms with van der Waals surface area (Å²) in [5, 5.41) is 87.8. The quantitative estimate of drug-likeness (QED) is 0.0204. The standard InChI is InChI=1S/C86H167NO13/c1-3-5-7-9-11-13-15-17-19-21-23-25-27-29-31-33-35-37-38-40-42-44-46-48-50-52-54-56-58-60-62-64-66-68-70-78(91)87-74(73-97-85-83(96)81(94)84(77(72-89)99-85)100-86-82(95)80(93)79(92)76(71-88)98-86)75(90)69-67-65-63-61-59-57-55-53-51-49-47-45-43-41-39-36-34-32-30-28-26-24-22-20-18-16-14-12-10-8-6-4-2/h67,69,74-77,79-86,88-90,92-96H,3-66,68,70-73H2,1-2H3,(H,87,91)/b69-67+. The van der Waals surface area contributed by atoms with Crippen LogP contribution in [0.5, 0.6) is 0 Å². The summed E-state index contributed by atoms with van der Waals surface area (Å²) in [5.41, 5.74) is 0. The highest BCUT2D eigenvalue weighted by Gasteiger charge is 2.51. The average molecular weight is 1420 g/mol. The molecule has 0 aromatic heterocycles. The van der Waals surface area contributed by atoms with Gasteiger partial charge in [-0.2, -0.15) is 0 Å². The lowest BCUT2D eigenvalue weighted by atomic mass is 9.97. The molecular formula is C86H167NO13. The summed E-state index contributed by atoms with van der Waals surface area (Å²) >= 11 is 0. The number of ether oxygens (including phenoxy) is 4. The van der Waals surface area contributed by atoms with Crippen molar-refractivity contribution in [2.45, 2.75) is 511 Å². The van der Waals surface area contributed by atoms with Gasteiger partial charge in [0.15, 0.2) is 12.6 Å². The molecule has 1 amide bonds. The van der Waals surface area contributed by atoms with E-state index in [0.717, 1.165) is 44.9 Å². The maximum Gasteiger partial charge on any atom is 0.220 e. The Hall–Kier alpha value is -1.27. The van der Waals surface area contributed by atoms with Crippen LogP contribution in [-0.2, 0) is 23.7 Å². The highest BCUT2D eigenvalue weighted by molar-refractivity contribution is 5.76. The number of allylic oxidation sites excluding steroid dienone is 1. The Morgan fingerprint density at radius 2 is 0.620 bits per heavy atom. The fraction of sp³-hybridized carbons (Fsp3) is 0.965. The van der Waals surface area contributed by atoms with E-state index >= 15 is 0 Å². The molecule has 0 aromatic rings. The third-order valence-corrected chi connectivity index (χ3v) is 22.0. The van der Waals surface area contributed by atoms with Gasteiger partial charge in [0.1, 0.15) is 48.8 Å². The van der Waals surface area contributed by atoms with Crippen molar-refractivity contribution < 1.29 is 64.6 Å². The maximum atomic E-state index is 13.4. The summed E-state index contributed by atoms with van der Waals surface area (Å²) in [6.07, 6.45) is 74.7. The van der Waals surface area contributed by atoms with E-state index in [2.05, 4.69) is 19.2 Å². The number of rotatable bonds is 76. The van der Waals surface area contributed by atoms with E-state index in [1.165, 1.54) is 372 Å². The molecule has 594 valence electrons. The van der Waals surface area contributed by atoms with E-state index in [4.69, 9.17) is 18.9 Å². The Balaban J connectivity index is 1.57. The summed E-state index contributed by atoms with van der Waals surface area (Å²) < 4.78 is 23.0. The second kappa shape index (κ2) is 70.7. The van der Waals surface area contributed by atoms with Crippen molar-refractivity contribution in [3.05, 3.63) is 12.2 Å². The van der Waals surface area contributed by atoms with Crippen molar-refractivity contribution in [1.82, 2.24) is 5.32 Å². The van der Waals surface area contributed by atoms with Gasteiger partial charge in [-0.3, -0.25) is 4.79 Å². The molecule has 2 rings (SSSR count). The number of hydrogen-bond acceptors (Lipinski definition) is 13. The first-order valence-corrected chi connectivity index (χ1v) is 43.9. The zero-order valence-corrected chi connectivity index (χ0v) is 65.5. The van der Waals surface area contributed by atoms with E-state index < -0.39 is 86.8 Å². The first kappa shape index (κ1) is 94.8. The van der Waals surface area contributed by atoms with E-state index in [1.807, 2.05) is 6.08 Å². The van der Waals surface area contributed by atoms with Crippen molar-refractivity contribution in [3.8, 4) is 0 Å². The normalized spacial score (nSPS) is 21.8. The molecule has 12 atom stereocenters. The molecule has 2 heterocycles. The number of aliphatic hydroxyl groups excluding tert-OH is 8. The van der Waals surface area contributed by atoms with Crippen molar-refractivity contribution in [1.29, 1.82) is 0 Å². The molecular weight excluding hydrogens is 1250 g/mol. The predicted molar refractivity (Wildman–Crippen MR) is 416 cm³/mol. The molecule has 0 aromatic carbocycles. The lowest BCUT2D eigenvalue weighted by Gasteiger charge is -2.46. The molecule has 0 spiro atoms. The van der Waals surface area contributed by atoms with Crippen molar-refractivity contribution >= 4 is 5.91 Å². The summed E-state index contributed by atoms with van der Waals surface area (Å²) in [5.74, 6) is -0.227. The minimum Gasteiger partial charge on any atom is -0.394 e. The molecule has 0 radical (unpaired) electrons. The third-order valence-electron chi connectivity index (χ3n) is 22.0. The number of aliphatic hydroxyl groups is 8. The Labute approximate surface area is 616 Å². The molecule has 0 bridgehead atoms. The van der Waals surface area contributed by atoms with Gasteiger partial charge in [-0.1, -0.05) is 424 Å². The van der Waals surface area contributed by atoms with Crippen LogP contribution >= 0.6 is 0 Å². The lowest BCUT2D eigenvalue weighted by Crippen LogP contribution is -2.65. The highest BCUT2D eigenvalue weighted by Crippen LogP contribution is 2.31. The van der Waals surface area contributed by atoms with Gasteiger partial charge in [0, 0.05) is 6.42 Å². The minimum atomic E-state index is -1.79. The number of carbonyl (C=O) groups excluding carboxylic acids is 1. The van der Waals surface area contributed by atoms with Gasteiger partial charge < -0.3 is 65.1 Å². The number of nitrogens with one attached hydrogen (secondary N) is 1. The zero-order chi connectivity index (χ0) is 72.2. The van der Waals surface area contributed by atoms with Gasteiger partial charge in [-0.15, -0.1) is 0 Å². The SMILES string of the molecule is CCCCCCCCCCCCCCCCCCCCCCCCCCCCCCCC/C=C/C(O)C(COC1OC(CO)C(OC2OC(CO)C(O)C(O)C2O)C(O)C1O)NC(=O)CCCCCCCCCCCCCCCCCCCCCCCCCCCCCCCCCCCC. The van der Waals surface area contributed by atoms with Gasteiger partial charge in [-0.25, -0.2) is 0 Å². The molecule has 2 fully saturated rings. The summed E-state index contributed by atoms with van der Waals surface area (Å²) in [6, 6.07) is -0.913. The molecule has 0 aliphatic carbocycles. The zero-order valence-electron chi connectivity index (χ0n) is 65.5. The smallest absolute Gasteiger partial charge is 0.220 e. The van der Waals surface area contributed by atoms with Crippen molar-refractivity contribution in [2.24, 2.45) is 0 Å². The van der Waals surface area contributed by atoms with E-state index in [1.54, 1.807) is 6.08 Å². The van der Waals surface area contributed by atoms with Crippen LogP contribution in [0.25, 0.3) is 0 Å². The van der Waals surface area contributed by atoms with Crippen LogP contribution < -0.4 is 5.32 Å². The van der Waals surface area contributed by atoms with Crippen molar-refractivity contribution in [3.63, 3.8) is 0 Å². The summed E-state index contributed by atoms with van der Waals surface area (Å²) in [4.78, 5) is 13.4. The van der Waals surface area contributed by atoms with Crippen LogP contribution in [0.4, 0.5) is 0 Å². The molecule has 2 aliphatic rings. The molecule has 2 saturated heterocycles. The first-order valence-electron chi connectivity index (χ1n) is 43.9. The summed E-state index contributed by atoms with van der Waals surface area (Å²) in [6.45, 7) is 2.89. The van der Waals surface area contributed by atoms with Crippen LogP contribution in [0.1, 0.15) is 438 Å². The van der Waals surface area contributed by atoms with Crippen LogP contribution in [0, 0.1) is 0 Å². The topological polar surface area (TPSA) is 228 Å². The second-order valence-corrected chi connectivity index (χ2v) is 31.4. The molecule has 14 nitrogen and oxygen atoms in total. The van der Waals surface area contributed by atoms with Gasteiger partial charge in [0.2, 0.25) is 5.91 Å². The fourth-order valence-corrected chi connectivity index (χ4v) is 15.1. The number of amides is 1. The van der Waals surface area contributed by atoms with Gasteiger partial charge in [-0.05, 0) is 19.3 Å². The van der Waals surface area contributed by atoms with Crippen molar-refractivity contribution in [2.75, 3.05) is 19.8 Å². The van der Waals surface area contributed by atoms with Gasteiger partial charge >= 0.3 is 0 Å². The fourth-order valence-electron chi connectivity index (χ4n) is 15.1. The molecule has 100 heavy (non-hydrogen) atoms. The van der Waals surface area contributed by atoms with Crippen LogP contribution in [0.2, 0.25) is 0 Å². The molecule has 9 N–H and O–H groups in total. The van der Waals surface area contributed by atoms with E-state index in [0.29, 0.717) is 0 Å². The maximum absolute atomic E-state index is 13.4. The minimum absolute atomic E-state index is 0.227. The molecule has 0 saturated carbocycles. The largest absolute Gasteiger partial charge is 0.394 e. The molecule has 14 heteroatoms. The molecule has 2 aliphatic heterocycles. The monoisotopic (exact) mass is 1420 g/mol. The average Bonchev–Trinajstić information content (AvgIpc) is 0.791. The van der Waals surface area contributed by atoms with Crippen LogP contribution in [-0.4, -0.2) is 140 Å². The lowest BCUT2D eigenvalue weighted by molar-refractivity contribution is -0.359. The Kier molecular flexibility index (Phi) is 67.0. The predicted octanol–water partition coefficient (Wildman–Crippen LogP) is 20.8. The van der Waals surface area contributed by atoms with Crippen LogP contribution in [0.3, 0.4) is 0 Å². The number of unbranched alkanes of at least 4 members (excludes halogenated alkanes) is 63. The second-order valence-electron chi connectivity index (χ2n) is 31.4. The van der Waals surface area contributed by atoms with E-state index in [-0.39, 0.29) is 18.9 Å². The third kappa shape index (κ3) is 52.7. The number of hydrogen-bond donors (Lipinski definition) is 9. The number of carbonyl (C=O) groups is 1. The Morgan fingerprint density at radius 3 is 0.920 bits per heavy atom. The van der Waals surface area contributed by atoms with Gasteiger partial charge in [0.25, 0.3) is 0 Å². The van der Waals surface area contributed by atoms with Gasteiger partial charge in [0.05, 0.1) is 32.0 Å². The Bertz CT molecular complexity index is 1730.